The standard InChI is InChI=1S/C11H13BrFNO/c12-8-4-3-7(6-9(8)13)11(15)10-2-1-5-14-10/h3-4,6,10-11,14-15H,1-2,5H2. The maximum Gasteiger partial charge on any atom is 0.137 e. The maximum absolute atomic E-state index is 13.2. The van der Waals surface area contributed by atoms with Gasteiger partial charge in [0.1, 0.15) is 5.82 Å². The molecule has 0 saturated carbocycles. The van der Waals surface area contributed by atoms with Crippen molar-refractivity contribution in [3.63, 3.8) is 0 Å². The molecular weight excluding hydrogens is 261 g/mol. The molecule has 0 aromatic heterocycles. The van der Waals surface area contributed by atoms with Gasteiger partial charge in [0, 0.05) is 6.04 Å². The fraction of sp³-hybridized carbons (Fsp3) is 0.455. The van der Waals surface area contributed by atoms with Gasteiger partial charge in [-0.05, 0) is 53.0 Å². The van der Waals surface area contributed by atoms with Crippen LogP contribution in [0.25, 0.3) is 0 Å². The predicted molar refractivity (Wildman–Crippen MR) is 60.1 cm³/mol. The summed E-state index contributed by atoms with van der Waals surface area (Å²) >= 11 is 3.09. The molecule has 0 bridgehead atoms. The van der Waals surface area contributed by atoms with E-state index in [9.17, 15) is 9.50 Å². The van der Waals surface area contributed by atoms with Gasteiger partial charge in [0.05, 0.1) is 10.6 Å². The molecule has 2 unspecified atom stereocenters. The minimum absolute atomic E-state index is 0.0607. The summed E-state index contributed by atoms with van der Waals surface area (Å²) in [5.74, 6) is -0.329. The van der Waals surface area contributed by atoms with Gasteiger partial charge >= 0.3 is 0 Å². The van der Waals surface area contributed by atoms with Crippen LogP contribution in [0.1, 0.15) is 24.5 Å². The maximum atomic E-state index is 13.2. The van der Waals surface area contributed by atoms with Crippen LogP contribution in [0.4, 0.5) is 4.39 Å². The smallest absolute Gasteiger partial charge is 0.137 e. The van der Waals surface area contributed by atoms with Gasteiger partial charge in [-0.15, -0.1) is 0 Å². The Morgan fingerprint density at radius 2 is 2.33 bits per heavy atom. The molecule has 0 spiro atoms. The molecular formula is C11H13BrFNO. The van der Waals surface area contributed by atoms with Gasteiger partial charge in [0.15, 0.2) is 0 Å². The lowest BCUT2D eigenvalue weighted by molar-refractivity contribution is 0.137. The lowest BCUT2D eigenvalue weighted by Gasteiger charge is -2.18. The highest BCUT2D eigenvalue weighted by molar-refractivity contribution is 9.10. The Bertz CT molecular complexity index is 352. The van der Waals surface area contributed by atoms with Gasteiger partial charge in [-0.1, -0.05) is 6.07 Å². The Morgan fingerprint density at radius 3 is 2.93 bits per heavy atom. The van der Waals surface area contributed by atoms with Crippen LogP contribution in [-0.2, 0) is 0 Å². The summed E-state index contributed by atoms with van der Waals surface area (Å²) in [6, 6.07) is 4.82. The number of aliphatic hydroxyl groups excluding tert-OH is 1. The lowest BCUT2D eigenvalue weighted by Crippen LogP contribution is -2.28. The number of hydrogen-bond donors (Lipinski definition) is 2. The third-order valence-corrected chi connectivity index (χ3v) is 3.41. The molecule has 1 saturated heterocycles. The van der Waals surface area contributed by atoms with Gasteiger partial charge in [-0.25, -0.2) is 4.39 Å². The van der Waals surface area contributed by atoms with E-state index in [4.69, 9.17) is 0 Å². The van der Waals surface area contributed by atoms with Gasteiger partial charge in [0.25, 0.3) is 0 Å². The molecule has 2 atom stereocenters. The predicted octanol–water partition coefficient (Wildman–Crippen LogP) is 2.37. The van der Waals surface area contributed by atoms with Crippen LogP contribution < -0.4 is 5.32 Å². The second kappa shape index (κ2) is 4.60. The van der Waals surface area contributed by atoms with Crippen LogP contribution in [0, 0.1) is 5.82 Å². The molecule has 1 aromatic carbocycles. The first kappa shape index (κ1) is 11.0. The molecule has 2 rings (SSSR count). The van der Waals surface area contributed by atoms with Crippen molar-refractivity contribution in [3.05, 3.63) is 34.1 Å². The molecule has 82 valence electrons. The Morgan fingerprint density at radius 1 is 1.53 bits per heavy atom. The quantitative estimate of drug-likeness (QED) is 0.867. The number of benzene rings is 1. The van der Waals surface area contributed by atoms with E-state index < -0.39 is 6.10 Å². The molecule has 0 amide bonds. The fourth-order valence-corrected chi connectivity index (χ4v) is 2.16. The number of halogens is 2. The van der Waals surface area contributed by atoms with E-state index in [2.05, 4.69) is 21.2 Å². The summed E-state index contributed by atoms with van der Waals surface area (Å²) in [6.45, 7) is 0.931. The average Bonchev–Trinajstić information content (AvgIpc) is 2.74. The van der Waals surface area contributed by atoms with Crippen LogP contribution in [0.3, 0.4) is 0 Å². The third kappa shape index (κ3) is 2.38. The van der Waals surface area contributed by atoms with Crippen molar-refractivity contribution in [2.75, 3.05) is 6.54 Å². The number of nitrogens with one attached hydrogen (secondary N) is 1. The molecule has 1 fully saturated rings. The van der Waals surface area contributed by atoms with Crippen molar-refractivity contribution in [2.24, 2.45) is 0 Å². The van der Waals surface area contributed by atoms with Crippen molar-refractivity contribution < 1.29 is 9.50 Å². The molecule has 0 aliphatic carbocycles. The van der Waals surface area contributed by atoms with Crippen LogP contribution in [0.2, 0.25) is 0 Å². The first-order valence-electron chi connectivity index (χ1n) is 5.05. The van der Waals surface area contributed by atoms with Crippen LogP contribution in [0.5, 0.6) is 0 Å². The Labute approximate surface area is 96.6 Å². The van der Waals surface area contributed by atoms with Gasteiger partial charge in [0.2, 0.25) is 0 Å². The van der Waals surface area contributed by atoms with Crippen molar-refractivity contribution >= 4 is 15.9 Å². The average molecular weight is 274 g/mol. The van der Waals surface area contributed by atoms with E-state index in [-0.39, 0.29) is 11.9 Å². The molecule has 15 heavy (non-hydrogen) atoms. The zero-order valence-electron chi connectivity index (χ0n) is 8.21. The molecule has 1 heterocycles. The normalized spacial score (nSPS) is 23.0. The highest BCUT2D eigenvalue weighted by atomic mass is 79.9. The summed E-state index contributed by atoms with van der Waals surface area (Å²) in [7, 11) is 0. The van der Waals surface area contributed by atoms with E-state index in [1.165, 1.54) is 6.07 Å². The van der Waals surface area contributed by atoms with Crippen LogP contribution in [-0.4, -0.2) is 17.7 Å². The minimum Gasteiger partial charge on any atom is -0.387 e. The summed E-state index contributed by atoms with van der Waals surface area (Å²) in [6.07, 6.45) is 1.40. The molecule has 1 aliphatic rings. The van der Waals surface area contributed by atoms with Crippen LogP contribution >= 0.6 is 15.9 Å². The Hall–Kier alpha value is -0.450. The monoisotopic (exact) mass is 273 g/mol. The number of aliphatic hydroxyl groups is 1. The van der Waals surface area contributed by atoms with E-state index >= 15 is 0 Å². The summed E-state index contributed by atoms with van der Waals surface area (Å²) < 4.78 is 13.7. The highest BCUT2D eigenvalue weighted by Gasteiger charge is 2.24. The lowest BCUT2D eigenvalue weighted by atomic mass is 10.0. The molecule has 2 nitrogen and oxygen atoms in total. The van der Waals surface area contributed by atoms with E-state index in [1.807, 2.05) is 0 Å². The van der Waals surface area contributed by atoms with Crippen molar-refractivity contribution in [2.45, 2.75) is 25.0 Å². The second-order valence-corrected chi connectivity index (χ2v) is 4.68. The third-order valence-electron chi connectivity index (χ3n) is 2.76. The molecule has 1 aliphatic heterocycles. The SMILES string of the molecule is OC(c1ccc(Br)c(F)c1)C1CCCN1. The van der Waals surface area contributed by atoms with Crippen molar-refractivity contribution in [1.29, 1.82) is 0 Å². The second-order valence-electron chi connectivity index (χ2n) is 3.82. The Balaban J connectivity index is 2.17. The number of hydrogen-bond acceptors (Lipinski definition) is 2. The van der Waals surface area contributed by atoms with Gasteiger partial charge in [-0.3, -0.25) is 0 Å². The fourth-order valence-electron chi connectivity index (χ4n) is 1.91. The number of rotatable bonds is 2. The highest BCUT2D eigenvalue weighted by Crippen LogP contribution is 2.25. The summed E-state index contributed by atoms with van der Waals surface area (Å²) in [5.41, 5.74) is 0.634. The van der Waals surface area contributed by atoms with Gasteiger partial charge < -0.3 is 10.4 Å². The van der Waals surface area contributed by atoms with E-state index in [0.717, 1.165) is 19.4 Å². The zero-order valence-corrected chi connectivity index (χ0v) is 9.80. The van der Waals surface area contributed by atoms with Crippen molar-refractivity contribution in [1.82, 2.24) is 5.32 Å². The first-order valence-corrected chi connectivity index (χ1v) is 5.84. The molecule has 1 aromatic rings. The first-order chi connectivity index (χ1) is 7.18. The van der Waals surface area contributed by atoms with E-state index in [0.29, 0.717) is 10.0 Å². The topological polar surface area (TPSA) is 32.3 Å². The molecule has 0 radical (unpaired) electrons. The molecule has 4 heteroatoms. The van der Waals surface area contributed by atoms with Crippen LogP contribution in [0.15, 0.2) is 22.7 Å². The largest absolute Gasteiger partial charge is 0.387 e. The zero-order chi connectivity index (χ0) is 10.8. The van der Waals surface area contributed by atoms with E-state index in [1.54, 1.807) is 12.1 Å². The van der Waals surface area contributed by atoms with Gasteiger partial charge in [-0.2, -0.15) is 0 Å². The molecule has 2 N–H and O–H groups in total. The minimum atomic E-state index is -0.616. The Kier molecular flexibility index (Phi) is 3.38. The summed E-state index contributed by atoms with van der Waals surface area (Å²) in [4.78, 5) is 0. The summed E-state index contributed by atoms with van der Waals surface area (Å²) in [5, 5.41) is 13.2. The van der Waals surface area contributed by atoms with Crippen molar-refractivity contribution in [3.8, 4) is 0 Å².